The van der Waals surface area contributed by atoms with Crippen LogP contribution >= 0.6 is 0 Å². The number of hydrogen-bond donors (Lipinski definition) is 0. The molecule has 0 aliphatic carbocycles. The van der Waals surface area contributed by atoms with Gasteiger partial charge in [0.05, 0.1) is 18.1 Å². The summed E-state index contributed by atoms with van der Waals surface area (Å²) in [5.41, 5.74) is 0. The Bertz CT molecular complexity index is 633. The second kappa shape index (κ2) is 6.14. The molecule has 3 heterocycles. The maximum Gasteiger partial charge on any atom is 0.313 e. The number of carbonyl (C=O) groups is 3. The van der Waals surface area contributed by atoms with E-state index >= 15 is 0 Å². The smallest absolute Gasteiger partial charge is 0.313 e. The van der Waals surface area contributed by atoms with Crippen molar-refractivity contribution in [3.8, 4) is 0 Å². The summed E-state index contributed by atoms with van der Waals surface area (Å²) in [6.45, 7) is 6.60. The lowest BCUT2D eigenvalue weighted by Crippen LogP contribution is -2.51. The Labute approximate surface area is 149 Å². The molecule has 146 valence electrons. The van der Waals surface area contributed by atoms with Gasteiger partial charge in [-0.2, -0.15) is 0 Å². The molecule has 0 spiro atoms. The van der Waals surface area contributed by atoms with Crippen molar-refractivity contribution in [3.63, 3.8) is 0 Å². The molecular weight excluding hydrogens is 352 g/mol. The highest BCUT2D eigenvalue weighted by molar-refractivity contribution is 5.91. The lowest BCUT2D eigenvalue weighted by molar-refractivity contribution is -0.178. The van der Waals surface area contributed by atoms with Gasteiger partial charge in [0.2, 0.25) is 5.91 Å². The zero-order valence-electron chi connectivity index (χ0n) is 15.3. The van der Waals surface area contributed by atoms with Crippen molar-refractivity contribution >= 4 is 17.8 Å². The van der Waals surface area contributed by atoms with E-state index in [2.05, 4.69) is 0 Å². The van der Waals surface area contributed by atoms with Crippen LogP contribution in [0.2, 0.25) is 0 Å². The van der Waals surface area contributed by atoms with Gasteiger partial charge in [0.25, 0.3) is 5.92 Å². The second-order valence-electron chi connectivity index (χ2n) is 7.56. The van der Waals surface area contributed by atoms with E-state index in [1.165, 1.54) is 6.92 Å². The van der Waals surface area contributed by atoms with E-state index in [4.69, 9.17) is 14.2 Å². The zero-order chi connectivity index (χ0) is 19.5. The van der Waals surface area contributed by atoms with E-state index in [0.717, 1.165) is 6.92 Å². The first-order valence-corrected chi connectivity index (χ1v) is 8.68. The minimum atomic E-state index is -3.21. The van der Waals surface area contributed by atoms with E-state index in [1.54, 1.807) is 4.90 Å². The molecule has 3 aliphatic heterocycles. The normalized spacial score (nSPS) is 36.6. The Morgan fingerprint density at radius 2 is 1.85 bits per heavy atom. The Morgan fingerprint density at radius 3 is 2.35 bits per heavy atom. The summed E-state index contributed by atoms with van der Waals surface area (Å²) in [4.78, 5) is 38.5. The van der Waals surface area contributed by atoms with Gasteiger partial charge < -0.3 is 19.1 Å². The number of halogens is 2. The molecule has 0 aromatic carbocycles. The maximum absolute atomic E-state index is 13.4. The zero-order valence-corrected chi connectivity index (χ0v) is 15.3. The molecule has 2 bridgehead atoms. The molecule has 1 amide bonds. The number of fused-ring (bicyclic) bond motifs is 1. The fourth-order valence-electron chi connectivity index (χ4n) is 4.21. The quantitative estimate of drug-likeness (QED) is 0.670. The number of amides is 1. The highest BCUT2D eigenvalue weighted by atomic mass is 19.3. The van der Waals surface area contributed by atoms with Gasteiger partial charge in [-0.1, -0.05) is 0 Å². The number of alkyl halides is 2. The molecule has 3 fully saturated rings. The molecule has 0 aromatic rings. The lowest BCUT2D eigenvalue weighted by atomic mass is 9.78. The van der Waals surface area contributed by atoms with Crippen LogP contribution in [-0.2, 0) is 28.6 Å². The number of nitrogens with zero attached hydrogens (tertiary/aromatic N) is 1. The summed E-state index contributed by atoms with van der Waals surface area (Å²) in [5, 5.41) is 0. The highest BCUT2D eigenvalue weighted by Crippen LogP contribution is 2.53. The minimum Gasteiger partial charge on any atom is -0.457 e. The molecule has 0 aromatic heterocycles. The van der Waals surface area contributed by atoms with Crippen LogP contribution in [0.3, 0.4) is 0 Å². The average molecular weight is 375 g/mol. The van der Waals surface area contributed by atoms with Gasteiger partial charge in [-0.25, -0.2) is 8.78 Å². The molecule has 9 heteroatoms. The fraction of sp³-hybridized carbons (Fsp3) is 0.824. The van der Waals surface area contributed by atoms with Crippen LogP contribution < -0.4 is 0 Å². The molecule has 7 atom stereocenters. The van der Waals surface area contributed by atoms with Crippen LogP contribution in [0.5, 0.6) is 0 Å². The standard InChI is InChI=1S/C17H23F2NO6/c1-6(2)20-11-12-9(15(20)22)10(13(26-12)14(11)25-8(4)21)16(23)24-7(3)17(5,18)19/h6-7,9-14H,1-5H3. The number of ether oxygens (including phenoxy) is 3. The Morgan fingerprint density at radius 1 is 1.23 bits per heavy atom. The SMILES string of the molecule is CC(=O)OC1C2OC3C(C(=O)N(C(C)C)C13)C2C(=O)OC(C)C(C)(F)F. The van der Waals surface area contributed by atoms with Crippen molar-refractivity contribution in [2.45, 2.75) is 77.0 Å². The van der Waals surface area contributed by atoms with Crippen molar-refractivity contribution in [2.75, 3.05) is 0 Å². The van der Waals surface area contributed by atoms with Gasteiger partial charge in [-0.15, -0.1) is 0 Å². The van der Waals surface area contributed by atoms with E-state index in [-0.39, 0.29) is 11.9 Å². The van der Waals surface area contributed by atoms with Crippen LogP contribution in [0, 0.1) is 11.8 Å². The van der Waals surface area contributed by atoms with Gasteiger partial charge in [-0.05, 0) is 20.8 Å². The number of esters is 2. The molecule has 0 N–H and O–H groups in total. The van der Waals surface area contributed by atoms with Crippen LogP contribution in [0.4, 0.5) is 8.78 Å². The van der Waals surface area contributed by atoms with Crippen LogP contribution in [0.1, 0.15) is 34.6 Å². The van der Waals surface area contributed by atoms with Crippen LogP contribution in [0.15, 0.2) is 0 Å². The summed E-state index contributed by atoms with van der Waals surface area (Å²) < 4.78 is 42.8. The van der Waals surface area contributed by atoms with Crippen molar-refractivity contribution in [1.29, 1.82) is 0 Å². The fourth-order valence-corrected chi connectivity index (χ4v) is 4.21. The first-order chi connectivity index (χ1) is 11.9. The van der Waals surface area contributed by atoms with Gasteiger partial charge in [0.1, 0.15) is 12.0 Å². The van der Waals surface area contributed by atoms with Crippen molar-refractivity contribution in [1.82, 2.24) is 4.90 Å². The predicted octanol–water partition coefficient (Wildman–Crippen LogP) is 1.14. The number of rotatable bonds is 5. The van der Waals surface area contributed by atoms with Gasteiger partial charge in [0.15, 0.2) is 12.2 Å². The molecule has 0 saturated carbocycles. The number of carbonyl (C=O) groups excluding carboxylic acids is 3. The predicted molar refractivity (Wildman–Crippen MR) is 83.1 cm³/mol. The molecule has 3 rings (SSSR count). The Hall–Kier alpha value is -1.77. The molecule has 7 nitrogen and oxygen atoms in total. The van der Waals surface area contributed by atoms with E-state index in [9.17, 15) is 23.2 Å². The molecule has 3 aliphatic rings. The average Bonchev–Trinajstić information content (AvgIpc) is 3.07. The third-order valence-corrected chi connectivity index (χ3v) is 5.40. The largest absolute Gasteiger partial charge is 0.457 e. The maximum atomic E-state index is 13.4. The molecule has 26 heavy (non-hydrogen) atoms. The first kappa shape index (κ1) is 19.0. The summed E-state index contributed by atoms with van der Waals surface area (Å²) in [6.07, 6.45) is -3.96. The molecule has 0 radical (unpaired) electrons. The Balaban J connectivity index is 1.90. The topological polar surface area (TPSA) is 82.1 Å². The van der Waals surface area contributed by atoms with Gasteiger partial charge in [0, 0.05) is 19.9 Å². The minimum absolute atomic E-state index is 0.186. The summed E-state index contributed by atoms with van der Waals surface area (Å²) in [5.74, 6) is -6.87. The lowest BCUT2D eigenvalue weighted by Gasteiger charge is -2.33. The molecule has 7 unspecified atom stereocenters. The first-order valence-electron chi connectivity index (χ1n) is 8.68. The van der Waals surface area contributed by atoms with Crippen LogP contribution in [-0.4, -0.2) is 65.2 Å². The number of likely N-dealkylation sites (tertiary alicyclic amines) is 1. The van der Waals surface area contributed by atoms with E-state index in [0.29, 0.717) is 6.92 Å². The second-order valence-corrected chi connectivity index (χ2v) is 7.56. The van der Waals surface area contributed by atoms with Gasteiger partial charge >= 0.3 is 11.9 Å². The third-order valence-electron chi connectivity index (χ3n) is 5.40. The molecular formula is C17H23F2NO6. The summed E-state index contributed by atoms with van der Waals surface area (Å²) in [7, 11) is 0. The summed E-state index contributed by atoms with van der Waals surface area (Å²) in [6, 6.07) is -0.662. The third kappa shape index (κ3) is 2.76. The van der Waals surface area contributed by atoms with Crippen molar-refractivity contribution < 1.29 is 37.4 Å². The summed E-state index contributed by atoms with van der Waals surface area (Å²) >= 11 is 0. The van der Waals surface area contributed by atoms with Crippen molar-refractivity contribution in [2.24, 2.45) is 11.8 Å². The monoisotopic (exact) mass is 375 g/mol. The van der Waals surface area contributed by atoms with Gasteiger partial charge in [-0.3, -0.25) is 14.4 Å². The van der Waals surface area contributed by atoms with E-state index < -0.39 is 60.2 Å². The molecule has 3 saturated heterocycles. The highest BCUT2D eigenvalue weighted by Gasteiger charge is 2.73. The van der Waals surface area contributed by atoms with Crippen LogP contribution in [0.25, 0.3) is 0 Å². The van der Waals surface area contributed by atoms with Crippen molar-refractivity contribution in [3.05, 3.63) is 0 Å². The Kier molecular flexibility index (Phi) is 4.49. The van der Waals surface area contributed by atoms with E-state index in [1.807, 2.05) is 13.8 Å². The number of hydrogen-bond acceptors (Lipinski definition) is 6.